The number of hydrogen-bond donors (Lipinski definition) is 3. The molecule has 1 amide bonds. The summed E-state index contributed by atoms with van der Waals surface area (Å²) >= 11 is 3.28. The summed E-state index contributed by atoms with van der Waals surface area (Å²) in [5, 5.41) is 19.8. The summed E-state index contributed by atoms with van der Waals surface area (Å²) in [6, 6.07) is 5.12. The zero-order valence-corrected chi connectivity index (χ0v) is 10.7. The summed E-state index contributed by atoms with van der Waals surface area (Å²) in [7, 11) is 0. The number of aliphatic hydroxyl groups is 1. The van der Waals surface area contributed by atoms with E-state index in [1.807, 2.05) is 0 Å². The first-order valence-electron chi connectivity index (χ1n) is 4.87. The third kappa shape index (κ3) is 3.83. The second-order valence-electron chi connectivity index (χ2n) is 3.52. The smallest absolute Gasteiger partial charge is 0.334 e. The van der Waals surface area contributed by atoms with Crippen LogP contribution < -0.4 is 5.32 Å². The number of rotatable bonds is 4. The number of carbonyl (C=O) groups is 2. The molecule has 3 N–H and O–H groups in total. The lowest BCUT2D eigenvalue weighted by Gasteiger charge is -2.09. The van der Waals surface area contributed by atoms with Crippen molar-refractivity contribution in [1.82, 2.24) is 5.32 Å². The van der Waals surface area contributed by atoms with Crippen LogP contribution in [0.3, 0.4) is 0 Å². The summed E-state index contributed by atoms with van der Waals surface area (Å²) in [6.45, 7) is 1.46. The van der Waals surface area contributed by atoms with E-state index in [9.17, 15) is 9.59 Å². The second-order valence-corrected chi connectivity index (χ2v) is 4.44. The summed E-state index contributed by atoms with van der Waals surface area (Å²) in [6.07, 6.45) is -1.59. The monoisotopic (exact) mass is 301 g/mol. The molecule has 0 radical (unpaired) electrons. The molecule has 92 valence electrons. The average Bonchev–Trinajstić information content (AvgIpc) is 2.25. The van der Waals surface area contributed by atoms with Gasteiger partial charge in [-0.1, -0.05) is 15.9 Å². The van der Waals surface area contributed by atoms with Crippen LogP contribution in [0.1, 0.15) is 15.9 Å². The molecule has 6 heteroatoms. The Morgan fingerprint density at radius 2 is 2.12 bits per heavy atom. The number of amides is 1. The quantitative estimate of drug-likeness (QED) is 0.772. The Bertz CT molecular complexity index is 447. The van der Waals surface area contributed by atoms with Crippen molar-refractivity contribution in [2.24, 2.45) is 0 Å². The Balaban J connectivity index is 2.67. The zero-order valence-electron chi connectivity index (χ0n) is 9.11. The molecule has 0 saturated heterocycles. The number of nitrogens with one attached hydrogen (secondary N) is 1. The number of carbonyl (C=O) groups excluding carboxylic acids is 1. The van der Waals surface area contributed by atoms with E-state index in [0.29, 0.717) is 5.56 Å². The van der Waals surface area contributed by atoms with Crippen molar-refractivity contribution in [3.05, 3.63) is 33.8 Å². The van der Waals surface area contributed by atoms with E-state index in [2.05, 4.69) is 21.2 Å². The predicted octanol–water partition coefficient (Wildman–Crippen LogP) is 0.933. The van der Waals surface area contributed by atoms with Crippen molar-refractivity contribution in [3.63, 3.8) is 0 Å². The van der Waals surface area contributed by atoms with Crippen molar-refractivity contribution in [2.75, 3.05) is 6.54 Å². The van der Waals surface area contributed by atoms with Gasteiger partial charge in [0.1, 0.15) is 0 Å². The molecule has 0 spiro atoms. The number of aliphatic carboxylic acids is 1. The van der Waals surface area contributed by atoms with Crippen LogP contribution in [-0.2, 0) is 4.79 Å². The molecule has 1 aromatic carbocycles. The van der Waals surface area contributed by atoms with Crippen LogP contribution in [0.25, 0.3) is 0 Å². The van der Waals surface area contributed by atoms with E-state index in [0.717, 1.165) is 10.0 Å². The van der Waals surface area contributed by atoms with Gasteiger partial charge in [-0.05, 0) is 30.7 Å². The number of carboxylic acids is 1. The lowest BCUT2D eigenvalue weighted by atomic mass is 10.1. The van der Waals surface area contributed by atoms with Gasteiger partial charge in [-0.25, -0.2) is 4.79 Å². The zero-order chi connectivity index (χ0) is 13.0. The van der Waals surface area contributed by atoms with Gasteiger partial charge >= 0.3 is 5.97 Å². The fourth-order valence-corrected chi connectivity index (χ4v) is 1.73. The molecule has 0 fully saturated rings. The van der Waals surface area contributed by atoms with Crippen molar-refractivity contribution >= 4 is 27.8 Å². The fourth-order valence-electron chi connectivity index (χ4n) is 1.25. The van der Waals surface area contributed by atoms with Crippen molar-refractivity contribution in [3.8, 4) is 0 Å². The lowest BCUT2D eigenvalue weighted by molar-refractivity contribution is -0.146. The molecule has 0 aliphatic rings. The maximum Gasteiger partial charge on any atom is 0.334 e. The molecule has 0 unspecified atom stereocenters. The molecule has 0 heterocycles. The highest BCUT2D eigenvalue weighted by Crippen LogP contribution is 2.15. The Morgan fingerprint density at radius 1 is 1.47 bits per heavy atom. The van der Waals surface area contributed by atoms with Crippen LogP contribution in [0.15, 0.2) is 22.7 Å². The van der Waals surface area contributed by atoms with Crippen LogP contribution in [-0.4, -0.2) is 34.7 Å². The molecule has 1 atom stereocenters. The van der Waals surface area contributed by atoms with Gasteiger partial charge in [-0.2, -0.15) is 0 Å². The fraction of sp³-hybridized carbons (Fsp3) is 0.273. The highest BCUT2D eigenvalue weighted by molar-refractivity contribution is 9.10. The second kappa shape index (κ2) is 5.79. The Hall–Kier alpha value is -1.40. The highest BCUT2D eigenvalue weighted by Gasteiger charge is 2.15. The minimum Gasteiger partial charge on any atom is -0.479 e. The van der Waals surface area contributed by atoms with Crippen LogP contribution >= 0.6 is 15.9 Å². The first-order valence-corrected chi connectivity index (χ1v) is 5.66. The van der Waals surface area contributed by atoms with Gasteiger partial charge in [0, 0.05) is 10.0 Å². The van der Waals surface area contributed by atoms with E-state index >= 15 is 0 Å². The molecule has 0 aliphatic carbocycles. The standard InChI is InChI=1S/C11H12BrNO4/c1-6-4-7(12)2-3-8(6)10(15)13-5-9(14)11(16)17/h2-4,9,14H,5H2,1H3,(H,13,15)(H,16,17)/t9-/m0/s1. The lowest BCUT2D eigenvalue weighted by Crippen LogP contribution is -2.36. The van der Waals surface area contributed by atoms with Gasteiger partial charge in [0.15, 0.2) is 6.10 Å². The molecule has 17 heavy (non-hydrogen) atoms. The predicted molar refractivity (Wildman–Crippen MR) is 64.9 cm³/mol. The van der Waals surface area contributed by atoms with Crippen LogP contribution in [0.5, 0.6) is 0 Å². The molecule has 0 saturated carbocycles. The SMILES string of the molecule is Cc1cc(Br)ccc1C(=O)NC[C@H](O)C(=O)O. The topological polar surface area (TPSA) is 86.6 Å². The van der Waals surface area contributed by atoms with Crippen LogP contribution in [0, 0.1) is 6.92 Å². The number of benzene rings is 1. The summed E-state index contributed by atoms with van der Waals surface area (Å²) in [5.74, 6) is -1.77. The molecule has 5 nitrogen and oxygen atoms in total. The minimum absolute atomic E-state index is 0.316. The minimum atomic E-state index is -1.59. The first-order chi connectivity index (χ1) is 7.91. The number of halogens is 1. The number of aryl methyl sites for hydroxylation is 1. The molecular weight excluding hydrogens is 290 g/mol. The van der Waals surface area contributed by atoms with Crippen LogP contribution in [0.2, 0.25) is 0 Å². The van der Waals surface area contributed by atoms with Crippen LogP contribution in [0.4, 0.5) is 0 Å². The summed E-state index contributed by atoms with van der Waals surface area (Å²) < 4.78 is 0.858. The van der Waals surface area contributed by atoms with Gasteiger partial charge in [0.05, 0.1) is 6.54 Å². The maximum absolute atomic E-state index is 11.7. The molecule has 1 rings (SSSR count). The summed E-state index contributed by atoms with van der Waals surface area (Å²) in [4.78, 5) is 22.0. The third-order valence-electron chi connectivity index (χ3n) is 2.17. The van der Waals surface area contributed by atoms with Crippen molar-refractivity contribution < 1.29 is 19.8 Å². The van der Waals surface area contributed by atoms with E-state index < -0.39 is 18.0 Å². The molecule has 0 bridgehead atoms. The van der Waals surface area contributed by atoms with E-state index in [4.69, 9.17) is 10.2 Å². The molecule has 1 aromatic rings. The number of hydrogen-bond acceptors (Lipinski definition) is 3. The van der Waals surface area contributed by atoms with Gasteiger partial charge in [0.2, 0.25) is 0 Å². The van der Waals surface area contributed by atoms with E-state index in [1.165, 1.54) is 0 Å². The van der Waals surface area contributed by atoms with Gasteiger partial charge < -0.3 is 15.5 Å². The molecule has 0 aromatic heterocycles. The number of carboxylic acid groups (broad SMARTS) is 1. The van der Waals surface area contributed by atoms with Gasteiger partial charge in [-0.3, -0.25) is 4.79 Å². The Labute approximate surface area is 107 Å². The first kappa shape index (κ1) is 13.7. The summed E-state index contributed by atoms with van der Waals surface area (Å²) in [5.41, 5.74) is 1.22. The van der Waals surface area contributed by atoms with Crippen molar-refractivity contribution in [1.29, 1.82) is 0 Å². The number of aliphatic hydroxyl groups excluding tert-OH is 1. The average molecular weight is 302 g/mol. The molecule has 0 aliphatic heterocycles. The third-order valence-corrected chi connectivity index (χ3v) is 2.67. The van der Waals surface area contributed by atoms with Crippen molar-refractivity contribution in [2.45, 2.75) is 13.0 Å². The largest absolute Gasteiger partial charge is 0.479 e. The maximum atomic E-state index is 11.7. The van der Waals surface area contributed by atoms with E-state index in [1.54, 1.807) is 25.1 Å². The molecular formula is C11H12BrNO4. The van der Waals surface area contributed by atoms with E-state index in [-0.39, 0.29) is 6.54 Å². The van der Waals surface area contributed by atoms with Gasteiger partial charge in [0.25, 0.3) is 5.91 Å². The Morgan fingerprint density at radius 3 is 2.65 bits per heavy atom. The highest BCUT2D eigenvalue weighted by atomic mass is 79.9. The normalized spacial score (nSPS) is 11.9. The Kier molecular flexibility index (Phi) is 4.65. The van der Waals surface area contributed by atoms with Gasteiger partial charge in [-0.15, -0.1) is 0 Å².